The van der Waals surface area contributed by atoms with Gasteiger partial charge in [0.2, 0.25) is 0 Å². The zero-order valence-corrected chi connectivity index (χ0v) is 23.1. The first-order chi connectivity index (χ1) is 18.6. The Morgan fingerprint density at radius 3 is 2.77 bits per heavy atom. The van der Waals surface area contributed by atoms with Gasteiger partial charge in [0, 0.05) is 25.3 Å². The molecule has 1 saturated heterocycles. The van der Waals surface area contributed by atoms with Crippen LogP contribution in [0.2, 0.25) is 0 Å². The first-order valence-electron chi connectivity index (χ1n) is 13.7. The number of benzene rings is 2. The van der Waals surface area contributed by atoms with E-state index in [1.807, 2.05) is 0 Å². The monoisotopic (exact) mass is 558 g/mol. The molecule has 0 aromatic heterocycles. The number of halogens is 1. The summed E-state index contributed by atoms with van der Waals surface area (Å²) < 4.78 is 49.1. The van der Waals surface area contributed by atoms with Crippen molar-refractivity contribution in [3.63, 3.8) is 0 Å². The molecule has 0 bridgehead atoms. The number of carbonyl (C=O) groups excluding carboxylic acids is 1. The molecule has 0 radical (unpaired) electrons. The summed E-state index contributed by atoms with van der Waals surface area (Å²) in [7, 11) is -4.34. The molecule has 2 aromatic rings. The first-order valence-corrected chi connectivity index (χ1v) is 15.1. The number of rotatable bonds is 11. The minimum absolute atomic E-state index is 0.0464. The molecule has 0 spiro atoms. The molecular weight excluding hydrogens is 523 g/mol. The Bertz CT molecular complexity index is 1390. The van der Waals surface area contributed by atoms with Crippen molar-refractivity contribution >= 4 is 27.5 Å². The van der Waals surface area contributed by atoms with E-state index in [0.717, 1.165) is 56.2 Å². The number of sulfonamides is 1. The van der Waals surface area contributed by atoms with Gasteiger partial charge in [-0.15, -0.1) is 0 Å². The van der Waals surface area contributed by atoms with Gasteiger partial charge in [0.25, 0.3) is 10.0 Å². The second kappa shape index (κ2) is 10.9. The number of hydrogen-bond acceptors (Lipinski definition) is 6. The van der Waals surface area contributed by atoms with Gasteiger partial charge in [0.05, 0.1) is 17.2 Å². The van der Waals surface area contributed by atoms with Crippen molar-refractivity contribution < 1.29 is 32.2 Å². The lowest BCUT2D eigenvalue weighted by molar-refractivity contribution is -0.118. The molecule has 2 N–H and O–H groups in total. The zero-order chi connectivity index (χ0) is 27.9. The normalized spacial score (nSPS) is 22.9. The fourth-order valence-corrected chi connectivity index (χ4v) is 7.33. The van der Waals surface area contributed by atoms with Crippen LogP contribution in [0.4, 0.5) is 10.1 Å². The maximum absolute atomic E-state index is 14.2. The molecule has 2 aromatic carbocycles. The number of carboxylic acids is 1. The van der Waals surface area contributed by atoms with E-state index in [4.69, 9.17) is 4.74 Å². The lowest BCUT2D eigenvalue weighted by Crippen LogP contribution is -2.22. The standard InChI is InChI=1S/C29H35FN2O6S/c1-3-32-11-10-18(15-32)17(2)4-6-22(33)13-19-12-21(30)5-9-26(19)39(36,37)31-25-8-7-23-24-14-20(24)16-38-28(23)27(25)29(34)35/h5,7-9,12,17-18,20,24,31H,3-4,6,10-11,13-16H2,1-2H3,(H,34,35). The molecule has 39 heavy (non-hydrogen) atoms. The van der Waals surface area contributed by atoms with Crippen LogP contribution in [-0.2, 0) is 21.2 Å². The highest BCUT2D eigenvalue weighted by molar-refractivity contribution is 7.92. The highest BCUT2D eigenvalue weighted by Crippen LogP contribution is 2.55. The molecule has 210 valence electrons. The number of likely N-dealkylation sites (tertiary alicyclic amines) is 1. The maximum Gasteiger partial charge on any atom is 0.341 e. The third kappa shape index (κ3) is 5.82. The topological polar surface area (TPSA) is 113 Å². The third-order valence-electron chi connectivity index (χ3n) is 8.55. The Hall–Kier alpha value is -2.98. The number of ether oxygens (including phenoxy) is 1. The van der Waals surface area contributed by atoms with Crippen molar-refractivity contribution in [2.75, 3.05) is 31.0 Å². The number of ketones is 1. The molecule has 3 aliphatic rings. The van der Waals surface area contributed by atoms with Gasteiger partial charge in [-0.25, -0.2) is 17.6 Å². The molecule has 1 aliphatic carbocycles. The number of anilines is 1. The average molecular weight is 559 g/mol. The summed E-state index contributed by atoms with van der Waals surface area (Å²) >= 11 is 0. The van der Waals surface area contributed by atoms with Gasteiger partial charge in [-0.3, -0.25) is 9.52 Å². The minimum atomic E-state index is -4.34. The lowest BCUT2D eigenvalue weighted by Gasteiger charge is -2.21. The van der Waals surface area contributed by atoms with Crippen LogP contribution in [0.25, 0.3) is 0 Å². The van der Waals surface area contributed by atoms with Crippen LogP contribution in [0.1, 0.15) is 66.9 Å². The van der Waals surface area contributed by atoms with E-state index in [9.17, 15) is 27.5 Å². The number of fused-ring (bicyclic) bond motifs is 3. The molecule has 4 atom stereocenters. The Balaban J connectivity index is 1.32. The predicted molar refractivity (Wildman–Crippen MR) is 144 cm³/mol. The number of nitrogens with one attached hydrogen (secondary N) is 1. The summed E-state index contributed by atoms with van der Waals surface area (Å²) in [5.41, 5.74) is 0.441. The van der Waals surface area contributed by atoms with Crippen molar-refractivity contribution in [1.29, 1.82) is 0 Å². The smallest absolute Gasteiger partial charge is 0.341 e. The largest absolute Gasteiger partial charge is 0.492 e. The summed E-state index contributed by atoms with van der Waals surface area (Å²) in [5, 5.41) is 9.90. The second-order valence-electron chi connectivity index (χ2n) is 11.2. The Labute approximate surface area is 228 Å². The minimum Gasteiger partial charge on any atom is -0.492 e. The lowest BCUT2D eigenvalue weighted by atomic mass is 9.88. The van der Waals surface area contributed by atoms with Gasteiger partial charge in [0.1, 0.15) is 22.9 Å². The van der Waals surface area contributed by atoms with E-state index in [1.54, 1.807) is 6.07 Å². The molecule has 5 rings (SSSR count). The highest BCUT2D eigenvalue weighted by Gasteiger charge is 2.45. The van der Waals surface area contributed by atoms with Crippen LogP contribution in [0.15, 0.2) is 35.2 Å². The molecule has 10 heteroatoms. The Kier molecular flexibility index (Phi) is 7.70. The maximum atomic E-state index is 14.2. The van der Waals surface area contributed by atoms with Crippen LogP contribution in [0, 0.1) is 23.6 Å². The van der Waals surface area contributed by atoms with Crippen LogP contribution in [0.3, 0.4) is 0 Å². The van der Waals surface area contributed by atoms with E-state index >= 15 is 0 Å². The van der Waals surface area contributed by atoms with Gasteiger partial charge in [-0.2, -0.15) is 0 Å². The van der Waals surface area contributed by atoms with Gasteiger partial charge >= 0.3 is 5.97 Å². The third-order valence-corrected chi connectivity index (χ3v) is 10.0. The Morgan fingerprint density at radius 1 is 1.26 bits per heavy atom. The Morgan fingerprint density at radius 2 is 2.05 bits per heavy atom. The van der Waals surface area contributed by atoms with Crippen LogP contribution in [-0.4, -0.2) is 56.4 Å². The fourth-order valence-electron chi connectivity index (χ4n) is 6.03. The summed E-state index contributed by atoms with van der Waals surface area (Å²) in [4.78, 5) is 27.2. The molecule has 1 saturated carbocycles. The summed E-state index contributed by atoms with van der Waals surface area (Å²) in [6.45, 7) is 7.79. The van der Waals surface area contributed by atoms with Crippen molar-refractivity contribution in [1.82, 2.24) is 4.90 Å². The van der Waals surface area contributed by atoms with Gasteiger partial charge in [-0.05, 0) is 85.5 Å². The van der Waals surface area contributed by atoms with Crippen LogP contribution >= 0.6 is 0 Å². The van der Waals surface area contributed by atoms with Crippen molar-refractivity contribution in [2.45, 2.75) is 56.8 Å². The fraction of sp³-hybridized carbons (Fsp3) is 0.517. The van der Waals surface area contributed by atoms with E-state index in [0.29, 0.717) is 30.8 Å². The average Bonchev–Trinajstić information content (AvgIpc) is 3.53. The van der Waals surface area contributed by atoms with Crippen molar-refractivity contribution in [3.8, 4) is 5.75 Å². The van der Waals surface area contributed by atoms with Crippen LogP contribution < -0.4 is 9.46 Å². The van der Waals surface area contributed by atoms with Gasteiger partial charge < -0.3 is 14.7 Å². The first kappa shape index (κ1) is 27.6. The predicted octanol–water partition coefficient (Wildman–Crippen LogP) is 4.69. The SMILES string of the molecule is CCN1CCC(C(C)CCC(=O)Cc2cc(F)ccc2S(=O)(=O)Nc2ccc3c(c2C(=O)O)OCC2CC32)C1. The van der Waals surface area contributed by atoms with Crippen LogP contribution in [0.5, 0.6) is 5.75 Å². The molecule has 0 amide bonds. The summed E-state index contributed by atoms with van der Waals surface area (Å²) in [5.74, 6) is -0.450. The molecule has 2 fully saturated rings. The van der Waals surface area contributed by atoms with Gasteiger partial charge in [0.15, 0.2) is 0 Å². The molecule has 4 unspecified atom stereocenters. The number of aromatic carboxylic acids is 1. The zero-order valence-electron chi connectivity index (χ0n) is 22.3. The molecule has 2 aliphatic heterocycles. The quantitative estimate of drug-likeness (QED) is 0.411. The second-order valence-corrected chi connectivity index (χ2v) is 12.8. The summed E-state index contributed by atoms with van der Waals surface area (Å²) in [6.07, 6.45) is 2.76. The number of carbonyl (C=O) groups is 2. The number of nitrogens with zero attached hydrogens (tertiary/aromatic N) is 1. The number of hydrogen-bond donors (Lipinski definition) is 2. The van der Waals surface area contributed by atoms with E-state index < -0.39 is 21.8 Å². The number of Topliss-reactive ketones (excluding diaryl/α,β-unsaturated/α-hetero) is 1. The molecule has 2 heterocycles. The highest BCUT2D eigenvalue weighted by atomic mass is 32.2. The van der Waals surface area contributed by atoms with Gasteiger partial charge in [-0.1, -0.05) is 19.9 Å². The molecular formula is C29H35FN2O6S. The van der Waals surface area contributed by atoms with E-state index in [-0.39, 0.29) is 52.0 Å². The van der Waals surface area contributed by atoms with Crippen molar-refractivity contribution in [3.05, 3.63) is 52.8 Å². The van der Waals surface area contributed by atoms with E-state index in [1.165, 1.54) is 6.07 Å². The summed E-state index contributed by atoms with van der Waals surface area (Å²) in [6, 6.07) is 6.33. The molecule has 8 nitrogen and oxygen atoms in total. The number of carboxylic acid groups (broad SMARTS) is 1. The van der Waals surface area contributed by atoms with E-state index in [2.05, 4.69) is 23.5 Å². The van der Waals surface area contributed by atoms with Crippen molar-refractivity contribution in [2.24, 2.45) is 17.8 Å².